The summed E-state index contributed by atoms with van der Waals surface area (Å²) in [6, 6.07) is 7.90. The van der Waals surface area contributed by atoms with E-state index in [4.69, 9.17) is 11.6 Å². The van der Waals surface area contributed by atoms with E-state index in [-0.39, 0.29) is 0 Å². The normalized spacial score (nSPS) is 10.9. The zero-order valence-electron chi connectivity index (χ0n) is 11.4. The van der Waals surface area contributed by atoms with Gasteiger partial charge in [0.15, 0.2) is 0 Å². The van der Waals surface area contributed by atoms with Gasteiger partial charge in [0.2, 0.25) is 0 Å². The fourth-order valence-electron chi connectivity index (χ4n) is 1.88. The van der Waals surface area contributed by atoms with Crippen LogP contribution >= 0.6 is 23.4 Å². The monoisotopic (exact) mass is 295 g/mol. The molecule has 0 spiro atoms. The Balaban J connectivity index is 2.25. The van der Waals surface area contributed by atoms with Crippen LogP contribution in [-0.2, 0) is 13.6 Å². The van der Waals surface area contributed by atoms with E-state index in [1.165, 1.54) is 15.5 Å². The summed E-state index contributed by atoms with van der Waals surface area (Å²) < 4.78 is 1.95. The van der Waals surface area contributed by atoms with Crippen molar-refractivity contribution in [3.63, 3.8) is 0 Å². The van der Waals surface area contributed by atoms with Crippen molar-refractivity contribution in [1.82, 2.24) is 15.1 Å². The molecule has 102 valence electrons. The Morgan fingerprint density at radius 1 is 1.32 bits per heavy atom. The van der Waals surface area contributed by atoms with Crippen LogP contribution in [0.3, 0.4) is 0 Å². The van der Waals surface area contributed by atoms with Crippen molar-refractivity contribution < 1.29 is 0 Å². The molecule has 1 heterocycles. The molecule has 3 nitrogen and oxygen atoms in total. The SMILES string of the molecule is CCNCc1c(C)nn(C)c1Sc1ccc(Cl)cc1. The first-order valence-electron chi connectivity index (χ1n) is 6.28. The van der Waals surface area contributed by atoms with E-state index >= 15 is 0 Å². The molecule has 19 heavy (non-hydrogen) atoms. The minimum absolute atomic E-state index is 0.762. The lowest BCUT2D eigenvalue weighted by molar-refractivity contribution is 0.674. The lowest BCUT2D eigenvalue weighted by Gasteiger charge is -2.07. The van der Waals surface area contributed by atoms with Crippen LogP contribution in [0.25, 0.3) is 0 Å². The van der Waals surface area contributed by atoms with Crippen molar-refractivity contribution in [1.29, 1.82) is 0 Å². The molecular weight excluding hydrogens is 278 g/mol. The Bertz CT molecular complexity index is 549. The van der Waals surface area contributed by atoms with Crippen molar-refractivity contribution in [2.75, 3.05) is 6.54 Å². The second-order valence-electron chi connectivity index (χ2n) is 4.33. The van der Waals surface area contributed by atoms with E-state index in [1.807, 2.05) is 36.0 Å². The second kappa shape index (κ2) is 6.46. The number of nitrogens with one attached hydrogen (secondary N) is 1. The molecule has 0 radical (unpaired) electrons. The Morgan fingerprint density at radius 3 is 2.63 bits per heavy atom. The van der Waals surface area contributed by atoms with E-state index in [0.717, 1.165) is 23.8 Å². The van der Waals surface area contributed by atoms with Gasteiger partial charge in [0.25, 0.3) is 0 Å². The van der Waals surface area contributed by atoms with Crippen LogP contribution in [0.2, 0.25) is 5.02 Å². The summed E-state index contributed by atoms with van der Waals surface area (Å²) >= 11 is 7.64. The van der Waals surface area contributed by atoms with Crippen molar-refractivity contribution >= 4 is 23.4 Å². The van der Waals surface area contributed by atoms with Gasteiger partial charge in [0.05, 0.1) is 5.69 Å². The van der Waals surface area contributed by atoms with Gasteiger partial charge in [-0.05, 0) is 37.7 Å². The maximum Gasteiger partial charge on any atom is 0.103 e. The molecule has 0 aliphatic rings. The van der Waals surface area contributed by atoms with Crippen molar-refractivity contribution in [3.05, 3.63) is 40.5 Å². The fourth-order valence-corrected chi connectivity index (χ4v) is 3.01. The average molecular weight is 296 g/mol. The third-order valence-electron chi connectivity index (χ3n) is 2.87. The highest BCUT2D eigenvalue weighted by molar-refractivity contribution is 7.99. The molecule has 0 aliphatic carbocycles. The van der Waals surface area contributed by atoms with Gasteiger partial charge in [-0.1, -0.05) is 30.3 Å². The number of benzene rings is 1. The molecule has 0 amide bonds. The zero-order valence-corrected chi connectivity index (χ0v) is 13.0. The molecule has 2 rings (SSSR count). The standard InChI is InChI=1S/C14H18ClN3S/c1-4-16-9-13-10(2)17-18(3)14(13)19-12-7-5-11(15)6-8-12/h5-8,16H,4,9H2,1-3H3. The predicted octanol–water partition coefficient (Wildman–Crippen LogP) is 3.64. The molecule has 1 aromatic heterocycles. The topological polar surface area (TPSA) is 29.9 Å². The molecule has 1 N–H and O–H groups in total. The van der Waals surface area contributed by atoms with Gasteiger partial charge in [0, 0.05) is 29.1 Å². The summed E-state index contributed by atoms with van der Waals surface area (Å²) in [6.07, 6.45) is 0. The van der Waals surface area contributed by atoms with E-state index in [1.54, 1.807) is 11.8 Å². The Hall–Kier alpha value is -0.970. The maximum absolute atomic E-state index is 5.91. The molecule has 2 aromatic rings. The number of hydrogen-bond donors (Lipinski definition) is 1. The van der Waals surface area contributed by atoms with Crippen molar-refractivity contribution in [2.45, 2.75) is 30.3 Å². The number of aryl methyl sites for hydroxylation is 2. The lowest BCUT2D eigenvalue weighted by atomic mass is 10.2. The molecule has 0 saturated heterocycles. The van der Waals surface area contributed by atoms with Crippen molar-refractivity contribution in [3.8, 4) is 0 Å². The Labute approximate surface area is 123 Å². The molecule has 0 aliphatic heterocycles. The molecule has 0 unspecified atom stereocenters. The van der Waals surface area contributed by atoms with Crippen LogP contribution in [0.1, 0.15) is 18.2 Å². The number of rotatable bonds is 5. The first kappa shape index (κ1) is 14.4. The van der Waals surface area contributed by atoms with Crippen LogP contribution in [0.4, 0.5) is 0 Å². The minimum atomic E-state index is 0.762. The Morgan fingerprint density at radius 2 is 2.00 bits per heavy atom. The fraction of sp³-hybridized carbons (Fsp3) is 0.357. The highest BCUT2D eigenvalue weighted by atomic mass is 35.5. The summed E-state index contributed by atoms with van der Waals surface area (Å²) in [6.45, 7) is 5.97. The van der Waals surface area contributed by atoms with E-state index in [0.29, 0.717) is 0 Å². The van der Waals surface area contributed by atoms with Gasteiger partial charge >= 0.3 is 0 Å². The second-order valence-corrected chi connectivity index (χ2v) is 5.83. The third kappa shape index (κ3) is 3.53. The maximum atomic E-state index is 5.91. The van der Waals surface area contributed by atoms with Gasteiger partial charge in [-0.25, -0.2) is 0 Å². The van der Waals surface area contributed by atoms with Crippen LogP contribution in [0.15, 0.2) is 34.2 Å². The zero-order chi connectivity index (χ0) is 13.8. The summed E-state index contributed by atoms with van der Waals surface area (Å²) in [7, 11) is 1.99. The smallest absolute Gasteiger partial charge is 0.103 e. The van der Waals surface area contributed by atoms with E-state index in [9.17, 15) is 0 Å². The van der Waals surface area contributed by atoms with Gasteiger partial charge in [-0.3, -0.25) is 4.68 Å². The van der Waals surface area contributed by atoms with Crippen LogP contribution in [-0.4, -0.2) is 16.3 Å². The highest BCUT2D eigenvalue weighted by Gasteiger charge is 2.13. The number of aromatic nitrogens is 2. The van der Waals surface area contributed by atoms with Gasteiger partial charge in [0.1, 0.15) is 5.03 Å². The minimum Gasteiger partial charge on any atom is -0.313 e. The number of halogens is 1. The first-order chi connectivity index (χ1) is 9.11. The van der Waals surface area contributed by atoms with Gasteiger partial charge in [-0.2, -0.15) is 5.10 Å². The van der Waals surface area contributed by atoms with Gasteiger partial charge < -0.3 is 5.32 Å². The summed E-state index contributed by atoms with van der Waals surface area (Å²) in [4.78, 5) is 1.17. The highest BCUT2D eigenvalue weighted by Crippen LogP contribution is 2.32. The quantitative estimate of drug-likeness (QED) is 0.913. The predicted molar refractivity (Wildman–Crippen MR) is 80.9 cm³/mol. The van der Waals surface area contributed by atoms with Gasteiger partial charge in [-0.15, -0.1) is 0 Å². The first-order valence-corrected chi connectivity index (χ1v) is 7.48. The van der Waals surface area contributed by atoms with E-state index < -0.39 is 0 Å². The van der Waals surface area contributed by atoms with Crippen LogP contribution < -0.4 is 5.32 Å². The van der Waals surface area contributed by atoms with Crippen molar-refractivity contribution in [2.24, 2.45) is 7.05 Å². The molecule has 0 atom stereocenters. The van der Waals surface area contributed by atoms with Crippen LogP contribution in [0, 0.1) is 6.92 Å². The molecule has 0 saturated carbocycles. The number of hydrogen-bond acceptors (Lipinski definition) is 3. The summed E-state index contributed by atoms with van der Waals surface area (Å²) in [5.41, 5.74) is 2.35. The van der Waals surface area contributed by atoms with E-state index in [2.05, 4.69) is 24.3 Å². The molecule has 5 heteroatoms. The molecule has 0 bridgehead atoms. The molecular formula is C14H18ClN3S. The average Bonchev–Trinajstić information content (AvgIpc) is 2.65. The Kier molecular flexibility index (Phi) is 4.91. The third-order valence-corrected chi connectivity index (χ3v) is 4.33. The lowest BCUT2D eigenvalue weighted by Crippen LogP contribution is -2.12. The largest absolute Gasteiger partial charge is 0.313 e. The van der Waals surface area contributed by atoms with Crippen LogP contribution in [0.5, 0.6) is 0 Å². The number of nitrogens with zero attached hydrogens (tertiary/aromatic N) is 2. The summed E-state index contributed by atoms with van der Waals surface area (Å²) in [5, 5.41) is 9.82. The summed E-state index contributed by atoms with van der Waals surface area (Å²) in [5.74, 6) is 0. The molecule has 0 fully saturated rings. The molecule has 1 aromatic carbocycles.